The Balaban J connectivity index is 2.16. The third kappa shape index (κ3) is 2.67. The summed E-state index contributed by atoms with van der Waals surface area (Å²) in [6, 6.07) is 4.41. The molecule has 1 aliphatic rings. The predicted octanol–water partition coefficient (Wildman–Crippen LogP) is 1.93. The molecule has 0 aromatic heterocycles. The Labute approximate surface area is 111 Å². The maximum atomic E-state index is 13.8. The van der Waals surface area contributed by atoms with E-state index in [4.69, 9.17) is 18.0 Å². The van der Waals surface area contributed by atoms with Crippen LogP contribution in [0.5, 0.6) is 0 Å². The highest BCUT2D eigenvalue weighted by Crippen LogP contribution is 2.33. The van der Waals surface area contributed by atoms with Crippen molar-refractivity contribution in [1.29, 1.82) is 0 Å². The number of hydrogen-bond donors (Lipinski definition) is 2. The Kier molecular flexibility index (Phi) is 3.61. The number of carbonyl (C=O) groups is 1. The van der Waals surface area contributed by atoms with E-state index in [0.717, 1.165) is 12.8 Å². The molecule has 5 heteroatoms. The zero-order valence-corrected chi connectivity index (χ0v) is 10.9. The lowest BCUT2D eigenvalue weighted by Gasteiger charge is -2.17. The highest BCUT2D eigenvalue weighted by molar-refractivity contribution is 7.80. The molecule has 0 saturated heterocycles. The molecule has 1 unspecified atom stereocenters. The van der Waals surface area contributed by atoms with E-state index < -0.39 is 11.7 Å². The molecule has 0 heterocycles. The molecule has 18 heavy (non-hydrogen) atoms. The minimum absolute atomic E-state index is 0.0388. The van der Waals surface area contributed by atoms with Crippen molar-refractivity contribution in [3.05, 3.63) is 35.1 Å². The topological polar surface area (TPSA) is 55.1 Å². The number of aryl methyl sites for hydroxylation is 1. The average Bonchev–Trinajstić information content (AvgIpc) is 3.13. The number of thiocarbonyl (C=S) groups is 1. The highest BCUT2D eigenvalue weighted by atomic mass is 32.1. The van der Waals surface area contributed by atoms with Gasteiger partial charge in [-0.1, -0.05) is 24.4 Å². The molecular formula is C13H15FN2OS. The highest BCUT2D eigenvalue weighted by Gasteiger charge is 2.34. The third-order valence-electron chi connectivity index (χ3n) is 3.12. The number of carbonyl (C=O) groups excluding carboxylic acids is 1. The van der Waals surface area contributed by atoms with Crippen molar-refractivity contribution in [3.63, 3.8) is 0 Å². The molecule has 3 N–H and O–H groups in total. The molecule has 0 bridgehead atoms. The van der Waals surface area contributed by atoms with E-state index in [0.29, 0.717) is 11.5 Å². The van der Waals surface area contributed by atoms with Gasteiger partial charge in [-0.05, 0) is 37.3 Å². The fourth-order valence-electron chi connectivity index (χ4n) is 1.89. The van der Waals surface area contributed by atoms with Gasteiger partial charge in [0.1, 0.15) is 5.82 Å². The Hall–Kier alpha value is -1.49. The number of halogens is 1. The van der Waals surface area contributed by atoms with Gasteiger partial charge in [0.15, 0.2) is 0 Å². The fraction of sp³-hybridized carbons (Fsp3) is 0.385. The molecule has 1 aromatic carbocycles. The van der Waals surface area contributed by atoms with Crippen LogP contribution in [-0.2, 0) is 0 Å². The molecule has 96 valence electrons. The Morgan fingerprint density at radius 3 is 2.78 bits per heavy atom. The number of benzene rings is 1. The van der Waals surface area contributed by atoms with Crippen molar-refractivity contribution in [3.8, 4) is 0 Å². The maximum Gasteiger partial charge on any atom is 0.254 e. The van der Waals surface area contributed by atoms with Gasteiger partial charge in [-0.3, -0.25) is 4.79 Å². The second kappa shape index (κ2) is 5.02. The van der Waals surface area contributed by atoms with Gasteiger partial charge in [-0.15, -0.1) is 0 Å². The summed E-state index contributed by atoms with van der Waals surface area (Å²) < 4.78 is 13.8. The van der Waals surface area contributed by atoms with Gasteiger partial charge in [0.25, 0.3) is 5.91 Å². The van der Waals surface area contributed by atoms with Gasteiger partial charge in [-0.2, -0.15) is 0 Å². The lowest BCUT2D eigenvalue weighted by atomic mass is 10.1. The molecule has 1 saturated carbocycles. The van der Waals surface area contributed by atoms with Crippen LogP contribution in [0.4, 0.5) is 4.39 Å². The van der Waals surface area contributed by atoms with Crippen molar-refractivity contribution in [1.82, 2.24) is 5.32 Å². The van der Waals surface area contributed by atoms with Gasteiger partial charge in [0.05, 0.1) is 16.6 Å². The first-order chi connectivity index (χ1) is 8.50. The second-order valence-corrected chi connectivity index (χ2v) is 5.10. The Morgan fingerprint density at radius 2 is 2.22 bits per heavy atom. The summed E-state index contributed by atoms with van der Waals surface area (Å²) in [4.78, 5) is 12.3. The van der Waals surface area contributed by atoms with Crippen molar-refractivity contribution in [2.24, 2.45) is 11.7 Å². The summed E-state index contributed by atoms with van der Waals surface area (Å²) in [6.45, 7) is 1.62. The van der Waals surface area contributed by atoms with Gasteiger partial charge < -0.3 is 11.1 Å². The summed E-state index contributed by atoms with van der Waals surface area (Å²) in [5.74, 6) is -0.646. The van der Waals surface area contributed by atoms with Crippen LogP contribution in [0.2, 0.25) is 0 Å². The van der Waals surface area contributed by atoms with Gasteiger partial charge in [0, 0.05) is 0 Å². The quantitative estimate of drug-likeness (QED) is 0.819. The SMILES string of the molecule is Cc1cccc(C(=O)NC(C(N)=S)C2CC2)c1F. The lowest BCUT2D eigenvalue weighted by molar-refractivity contribution is 0.0939. The zero-order valence-electron chi connectivity index (χ0n) is 10.1. The molecule has 0 radical (unpaired) electrons. The summed E-state index contributed by atoms with van der Waals surface area (Å²) in [5, 5.41) is 2.72. The number of rotatable bonds is 4. The zero-order chi connectivity index (χ0) is 13.3. The van der Waals surface area contributed by atoms with Crippen LogP contribution in [0.1, 0.15) is 28.8 Å². The van der Waals surface area contributed by atoms with Crippen LogP contribution >= 0.6 is 12.2 Å². The van der Waals surface area contributed by atoms with Crippen LogP contribution in [-0.4, -0.2) is 16.9 Å². The lowest BCUT2D eigenvalue weighted by Crippen LogP contribution is -2.45. The molecule has 1 fully saturated rings. The second-order valence-electron chi connectivity index (χ2n) is 4.63. The van der Waals surface area contributed by atoms with Gasteiger partial charge in [-0.25, -0.2) is 4.39 Å². The van der Waals surface area contributed by atoms with E-state index in [1.54, 1.807) is 19.1 Å². The average molecular weight is 266 g/mol. The van der Waals surface area contributed by atoms with E-state index in [1.807, 2.05) is 0 Å². The van der Waals surface area contributed by atoms with E-state index in [2.05, 4.69) is 5.32 Å². The largest absolute Gasteiger partial charge is 0.392 e. The minimum atomic E-state index is -0.493. The Bertz CT molecular complexity index is 500. The smallest absolute Gasteiger partial charge is 0.254 e. The monoisotopic (exact) mass is 266 g/mol. The molecule has 2 rings (SSSR count). The normalized spacial score (nSPS) is 16.1. The molecule has 3 nitrogen and oxygen atoms in total. The van der Waals surface area contributed by atoms with E-state index in [-0.39, 0.29) is 16.6 Å². The maximum absolute atomic E-state index is 13.8. The van der Waals surface area contributed by atoms with Crippen molar-refractivity contribution < 1.29 is 9.18 Å². The van der Waals surface area contributed by atoms with Crippen LogP contribution in [0.25, 0.3) is 0 Å². The number of hydrogen-bond acceptors (Lipinski definition) is 2. The predicted molar refractivity (Wildman–Crippen MR) is 71.9 cm³/mol. The van der Waals surface area contributed by atoms with Crippen LogP contribution in [0, 0.1) is 18.7 Å². The summed E-state index contributed by atoms with van der Waals surface area (Å²) >= 11 is 4.93. The molecule has 1 aromatic rings. The first kappa shape index (κ1) is 13.0. The number of nitrogens with one attached hydrogen (secondary N) is 1. The summed E-state index contributed by atoms with van der Waals surface area (Å²) in [6.07, 6.45) is 2.00. The summed E-state index contributed by atoms with van der Waals surface area (Å²) in [5.41, 5.74) is 6.08. The molecule has 1 aliphatic carbocycles. The molecule has 1 amide bonds. The molecule has 0 spiro atoms. The minimum Gasteiger partial charge on any atom is -0.392 e. The van der Waals surface area contributed by atoms with E-state index in [1.165, 1.54) is 6.07 Å². The van der Waals surface area contributed by atoms with E-state index in [9.17, 15) is 9.18 Å². The van der Waals surface area contributed by atoms with Crippen molar-refractivity contribution in [2.75, 3.05) is 0 Å². The third-order valence-corrected chi connectivity index (χ3v) is 3.38. The van der Waals surface area contributed by atoms with Crippen molar-refractivity contribution in [2.45, 2.75) is 25.8 Å². The fourth-order valence-corrected chi connectivity index (χ4v) is 2.14. The van der Waals surface area contributed by atoms with Gasteiger partial charge in [0.2, 0.25) is 0 Å². The summed E-state index contributed by atoms with van der Waals surface area (Å²) in [7, 11) is 0. The first-order valence-electron chi connectivity index (χ1n) is 5.86. The standard InChI is InChI=1S/C13H15FN2OS/c1-7-3-2-4-9(10(7)14)13(17)16-11(12(15)18)8-5-6-8/h2-4,8,11H,5-6H2,1H3,(H2,15,18)(H,16,17). The van der Waals surface area contributed by atoms with Crippen LogP contribution < -0.4 is 11.1 Å². The number of nitrogens with two attached hydrogens (primary N) is 1. The Morgan fingerprint density at radius 1 is 1.56 bits per heavy atom. The molecule has 1 atom stereocenters. The molecule has 0 aliphatic heterocycles. The number of amides is 1. The van der Waals surface area contributed by atoms with Crippen LogP contribution in [0.15, 0.2) is 18.2 Å². The first-order valence-corrected chi connectivity index (χ1v) is 6.27. The van der Waals surface area contributed by atoms with Gasteiger partial charge >= 0.3 is 0 Å². The van der Waals surface area contributed by atoms with Crippen LogP contribution in [0.3, 0.4) is 0 Å². The molecular weight excluding hydrogens is 251 g/mol. The van der Waals surface area contributed by atoms with Crippen molar-refractivity contribution >= 4 is 23.1 Å². The van der Waals surface area contributed by atoms with E-state index >= 15 is 0 Å².